The van der Waals surface area contributed by atoms with Crippen molar-refractivity contribution in [3.8, 4) is 11.4 Å². The number of para-hydroxylation sites is 1. The van der Waals surface area contributed by atoms with E-state index in [1.165, 1.54) is 0 Å². The summed E-state index contributed by atoms with van der Waals surface area (Å²) in [6.07, 6.45) is 1.68. The van der Waals surface area contributed by atoms with Crippen LogP contribution in [0.2, 0.25) is 0 Å². The van der Waals surface area contributed by atoms with E-state index in [0.29, 0.717) is 5.82 Å². The summed E-state index contributed by atoms with van der Waals surface area (Å²) in [6, 6.07) is 9.62. The Hall–Kier alpha value is -1.20. The van der Waals surface area contributed by atoms with Gasteiger partial charge in [0.2, 0.25) is 0 Å². The second kappa shape index (κ2) is 4.23. The average Bonchev–Trinajstić information content (AvgIpc) is 2.71. The van der Waals surface area contributed by atoms with Gasteiger partial charge in [-0.2, -0.15) is 0 Å². The highest BCUT2D eigenvalue weighted by Gasteiger charge is 2.11. The highest BCUT2D eigenvalue weighted by Crippen LogP contribution is 2.29. The Labute approximate surface area is 114 Å². The molecule has 0 aliphatic carbocycles. The quantitative estimate of drug-likeness (QED) is 0.608. The van der Waals surface area contributed by atoms with Crippen molar-refractivity contribution in [3.63, 3.8) is 0 Å². The van der Waals surface area contributed by atoms with Crippen molar-refractivity contribution in [2.75, 3.05) is 0 Å². The van der Waals surface area contributed by atoms with Crippen LogP contribution in [0.4, 0.5) is 0 Å². The summed E-state index contributed by atoms with van der Waals surface area (Å²) in [5, 5.41) is 1.01. The van der Waals surface area contributed by atoms with Gasteiger partial charge >= 0.3 is 0 Å². The molecule has 0 aliphatic rings. The van der Waals surface area contributed by atoms with Crippen molar-refractivity contribution in [1.29, 1.82) is 0 Å². The summed E-state index contributed by atoms with van der Waals surface area (Å²) in [7, 11) is 0. The molecule has 3 aromatic rings. The lowest BCUT2D eigenvalue weighted by Gasteiger charge is -1.99. The molecule has 84 valence electrons. The zero-order valence-corrected chi connectivity index (χ0v) is 11.7. The monoisotopic (exact) mass is 352 g/mol. The Kier molecular flexibility index (Phi) is 2.72. The Morgan fingerprint density at radius 2 is 1.71 bits per heavy atom. The Bertz CT molecular complexity index is 674. The summed E-state index contributed by atoms with van der Waals surface area (Å²) >= 11 is 6.70. The van der Waals surface area contributed by atoms with Crippen LogP contribution in [-0.4, -0.2) is 9.97 Å². The van der Waals surface area contributed by atoms with Crippen LogP contribution in [-0.2, 0) is 0 Å². The van der Waals surface area contributed by atoms with Gasteiger partial charge in [0.1, 0.15) is 21.1 Å². The second-order valence-electron chi connectivity index (χ2n) is 3.48. The minimum absolute atomic E-state index is 0.635. The molecule has 2 aromatic heterocycles. The molecular formula is C12H6Br2N2O. The van der Waals surface area contributed by atoms with Crippen molar-refractivity contribution in [3.05, 3.63) is 45.8 Å². The number of benzene rings is 1. The van der Waals surface area contributed by atoms with Crippen LogP contribution in [0.15, 0.2) is 50.2 Å². The van der Waals surface area contributed by atoms with E-state index in [2.05, 4.69) is 41.8 Å². The molecule has 0 spiro atoms. The Morgan fingerprint density at radius 3 is 2.47 bits per heavy atom. The van der Waals surface area contributed by atoms with Gasteiger partial charge in [-0.1, -0.05) is 18.2 Å². The fourth-order valence-corrected chi connectivity index (χ4v) is 2.74. The molecule has 17 heavy (non-hydrogen) atoms. The van der Waals surface area contributed by atoms with Gasteiger partial charge in [-0.05, 0) is 37.9 Å². The molecule has 3 rings (SSSR count). The maximum absolute atomic E-state index is 5.47. The number of rotatable bonds is 1. The number of halogens is 2. The summed E-state index contributed by atoms with van der Waals surface area (Å²) in [5.74, 6) is 0.635. The first kappa shape index (κ1) is 10.9. The van der Waals surface area contributed by atoms with Gasteiger partial charge in [-0.3, -0.25) is 0 Å². The van der Waals surface area contributed by atoms with Crippen molar-refractivity contribution in [2.24, 2.45) is 0 Å². The van der Waals surface area contributed by atoms with E-state index in [-0.39, 0.29) is 0 Å². The van der Waals surface area contributed by atoms with E-state index >= 15 is 0 Å². The van der Waals surface area contributed by atoms with Crippen LogP contribution in [0, 0.1) is 0 Å². The summed E-state index contributed by atoms with van der Waals surface area (Å²) < 4.78 is 6.94. The van der Waals surface area contributed by atoms with Gasteiger partial charge in [0.15, 0.2) is 5.82 Å². The van der Waals surface area contributed by atoms with Crippen LogP contribution < -0.4 is 0 Å². The zero-order valence-electron chi connectivity index (χ0n) is 8.52. The average molecular weight is 354 g/mol. The first-order valence-electron chi connectivity index (χ1n) is 4.91. The third-order valence-electron chi connectivity index (χ3n) is 2.39. The topological polar surface area (TPSA) is 38.9 Å². The van der Waals surface area contributed by atoms with Gasteiger partial charge in [0.05, 0.1) is 5.56 Å². The molecule has 0 amide bonds. The van der Waals surface area contributed by atoms with Crippen LogP contribution in [0.1, 0.15) is 0 Å². The Balaban J connectivity index is 2.27. The molecule has 0 fully saturated rings. The molecule has 0 unspecified atom stereocenters. The molecular weight excluding hydrogens is 348 g/mol. The van der Waals surface area contributed by atoms with Crippen molar-refractivity contribution < 1.29 is 4.42 Å². The largest absolute Gasteiger partial charge is 0.464 e. The molecule has 3 nitrogen and oxygen atoms in total. The van der Waals surface area contributed by atoms with E-state index in [9.17, 15) is 0 Å². The fraction of sp³-hybridized carbons (Fsp3) is 0. The van der Waals surface area contributed by atoms with Gasteiger partial charge in [0, 0.05) is 11.5 Å². The molecule has 0 radical (unpaired) electrons. The first-order valence-corrected chi connectivity index (χ1v) is 6.49. The lowest BCUT2D eigenvalue weighted by molar-refractivity contribution is 0.616. The fourth-order valence-electron chi connectivity index (χ4n) is 1.66. The highest BCUT2D eigenvalue weighted by molar-refractivity contribution is 9.11. The van der Waals surface area contributed by atoms with Gasteiger partial charge in [0.25, 0.3) is 0 Å². The second-order valence-corrected chi connectivity index (χ2v) is 5.11. The summed E-state index contributed by atoms with van der Waals surface area (Å²) in [5.41, 5.74) is 1.73. The first-order chi connectivity index (χ1) is 8.24. The molecule has 5 heteroatoms. The summed E-state index contributed by atoms with van der Waals surface area (Å²) in [6.45, 7) is 0. The number of hydrogen-bond donors (Lipinski definition) is 0. The van der Waals surface area contributed by atoms with E-state index in [0.717, 1.165) is 25.7 Å². The molecule has 0 N–H and O–H groups in total. The molecule has 0 saturated carbocycles. The van der Waals surface area contributed by atoms with Crippen LogP contribution >= 0.6 is 31.9 Å². The van der Waals surface area contributed by atoms with Crippen molar-refractivity contribution >= 4 is 42.8 Å². The number of hydrogen-bond acceptors (Lipinski definition) is 3. The lowest BCUT2D eigenvalue weighted by atomic mass is 10.1. The third-order valence-corrected chi connectivity index (χ3v) is 3.20. The van der Waals surface area contributed by atoms with Crippen LogP contribution in [0.5, 0.6) is 0 Å². The summed E-state index contributed by atoms with van der Waals surface area (Å²) in [4.78, 5) is 8.68. The maximum Gasteiger partial charge on any atom is 0.165 e. The van der Waals surface area contributed by atoms with E-state index in [1.807, 2.05) is 24.3 Å². The van der Waals surface area contributed by atoms with Crippen molar-refractivity contribution in [1.82, 2.24) is 9.97 Å². The smallest absolute Gasteiger partial charge is 0.165 e. The van der Waals surface area contributed by atoms with Gasteiger partial charge in [-0.25, -0.2) is 9.97 Å². The minimum Gasteiger partial charge on any atom is -0.464 e. The number of aromatic nitrogens is 2. The zero-order chi connectivity index (χ0) is 11.8. The van der Waals surface area contributed by atoms with Crippen LogP contribution in [0.3, 0.4) is 0 Å². The molecule has 0 atom stereocenters. The molecule has 1 aromatic carbocycles. The molecule has 0 bridgehead atoms. The lowest BCUT2D eigenvalue weighted by Crippen LogP contribution is -1.89. The maximum atomic E-state index is 5.47. The minimum atomic E-state index is 0.635. The molecule has 0 saturated heterocycles. The SMILES string of the molecule is Brc1cc(Br)nc(-c2coc3ccccc23)n1. The van der Waals surface area contributed by atoms with E-state index < -0.39 is 0 Å². The van der Waals surface area contributed by atoms with Crippen molar-refractivity contribution in [2.45, 2.75) is 0 Å². The van der Waals surface area contributed by atoms with Gasteiger partial charge in [-0.15, -0.1) is 0 Å². The number of nitrogens with zero attached hydrogens (tertiary/aromatic N) is 2. The number of fused-ring (bicyclic) bond motifs is 1. The van der Waals surface area contributed by atoms with E-state index in [1.54, 1.807) is 12.3 Å². The van der Waals surface area contributed by atoms with Gasteiger partial charge < -0.3 is 4.42 Å². The molecule has 2 heterocycles. The predicted octanol–water partition coefficient (Wildman–Crippen LogP) is 4.41. The number of furan rings is 1. The normalized spacial score (nSPS) is 10.9. The standard InChI is InChI=1S/C12H6Br2N2O/c13-10-5-11(14)16-12(15-10)8-6-17-9-4-2-1-3-7(8)9/h1-6H. The Morgan fingerprint density at radius 1 is 1.00 bits per heavy atom. The highest BCUT2D eigenvalue weighted by atomic mass is 79.9. The van der Waals surface area contributed by atoms with Crippen LogP contribution in [0.25, 0.3) is 22.4 Å². The van der Waals surface area contributed by atoms with E-state index in [4.69, 9.17) is 4.42 Å². The predicted molar refractivity (Wildman–Crippen MR) is 72.6 cm³/mol. The third kappa shape index (κ3) is 2.00. The molecule has 0 aliphatic heterocycles.